The minimum absolute atomic E-state index is 0.0560. The highest BCUT2D eigenvalue weighted by atomic mass is 79.9. The van der Waals surface area contributed by atoms with Gasteiger partial charge in [-0.3, -0.25) is 4.79 Å². The van der Waals surface area contributed by atoms with Crippen LogP contribution in [0.25, 0.3) is 0 Å². The second-order valence-corrected chi connectivity index (χ2v) is 4.43. The summed E-state index contributed by atoms with van der Waals surface area (Å²) < 4.78 is 39.8. The van der Waals surface area contributed by atoms with Crippen LogP contribution >= 0.6 is 15.9 Å². The lowest BCUT2D eigenvalue weighted by molar-refractivity contribution is 0.103. The Hall–Kier alpha value is -1.62. The zero-order valence-electron chi connectivity index (χ0n) is 8.88. The topological polar surface area (TPSA) is 17.1 Å². The molecule has 0 fully saturated rings. The molecule has 0 amide bonds. The molecular formula is C13H6BrF3O. The Morgan fingerprint density at radius 2 is 1.44 bits per heavy atom. The van der Waals surface area contributed by atoms with Crippen molar-refractivity contribution >= 4 is 21.7 Å². The SMILES string of the molecule is O=C(c1cc(F)ccc1F)c1cc(F)ccc1Br. The minimum Gasteiger partial charge on any atom is -0.288 e. The Labute approximate surface area is 109 Å². The fraction of sp³-hybridized carbons (Fsp3) is 0. The molecule has 0 atom stereocenters. The van der Waals surface area contributed by atoms with Crippen LogP contribution in [0.15, 0.2) is 40.9 Å². The molecule has 2 aromatic rings. The summed E-state index contributed by atoms with van der Waals surface area (Å²) in [6, 6.07) is 6.01. The van der Waals surface area contributed by atoms with Gasteiger partial charge < -0.3 is 0 Å². The fourth-order valence-electron chi connectivity index (χ4n) is 1.49. The summed E-state index contributed by atoms with van der Waals surface area (Å²) in [4.78, 5) is 12.0. The quantitative estimate of drug-likeness (QED) is 0.763. The normalized spacial score (nSPS) is 10.4. The standard InChI is InChI=1S/C13H6BrF3O/c14-11-3-1-7(15)5-9(11)13(18)10-6-8(16)2-4-12(10)17/h1-6H. The number of benzene rings is 2. The summed E-state index contributed by atoms with van der Waals surface area (Å²) in [6.45, 7) is 0. The second-order valence-electron chi connectivity index (χ2n) is 3.58. The molecule has 0 aliphatic rings. The molecule has 0 aliphatic carbocycles. The Morgan fingerprint density at radius 3 is 2.11 bits per heavy atom. The van der Waals surface area contributed by atoms with Gasteiger partial charge in [-0.2, -0.15) is 0 Å². The molecule has 0 unspecified atom stereocenters. The molecule has 18 heavy (non-hydrogen) atoms. The Kier molecular flexibility index (Phi) is 3.52. The second kappa shape index (κ2) is 4.94. The zero-order valence-corrected chi connectivity index (χ0v) is 10.5. The first-order valence-corrected chi connectivity index (χ1v) is 5.73. The predicted molar refractivity (Wildman–Crippen MR) is 63.9 cm³/mol. The minimum atomic E-state index is -0.849. The number of rotatable bonds is 2. The Morgan fingerprint density at radius 1 is 0.889 bits per heavy atom. The molecule has 2 aromatic carbocycles. The van der Waals surface area contributed by atoms with Gasteiger partial charge in [-0.05, 0) is 36.4 Å². The maximum atomic E-state index is 13.4. The number of carbonyl (C=O) groups is 1. The van der Waals surface area contributed by atoms with Crippen LogP contribution < -0.4 is 0 Å². The number of carbonyl (C=O) groups excluding carboxylic acids is 1. The molecule has 0 radical (unpaired) electrons. The third kappa shape index (κ3) is 2.46. The fourth-order valence-corrected chi connectivity index (χ4v) is 1.91. The Balaban J connectivity index is 2.54. The summed E-state index contributed by atoms with van der Waals surface area (Å²) in [5.41, 5.74) is -0.485. The number of ketones is 1. The van der Waals surface area contributed by atoms with Gasteiger partial charge in [-0.15, -0.1) is 0 Å². The highest BCUT2D eigenvalue weighted by Gasteiger charge is 2.18. The number of hydrogen-bond acceptors (Lipinski definition) is 1. The molecular weight excluding hydrogens is 309 g/mol. The van der Waals surface area contributed by atoms with Gasteiger partial charge >= 0.3 is 0 Å². The molecule has 0 saturated heterocycles. The van der Waals surface area contributed by atoms with E-state index in [2.05, 4.69) is 15.9 Å². The van der Waals surface area contributed by atoms with E-state index in [4.69, 9.17) is 0 Å². The van der Waals surface area contributed by atoms with Gasteiger partial charge in [0.15, 0.2) is 5.78 Å². The molecule has 0 spiro atoms. The first-order chi connectivity index (χ1) is 8.49. The molecule has 1 nitrogen and oxygen atoms in total. The molecule has 2 rings (SSSR count). The van der Waals surface area contributed by atoms with E-state index in [9.17, 15) is 18.0 Å². The average molecular weight is 315 g/mol. The van der Waals surface area contributed by atoms with E-state index in [1.54, 1.807) is 0 Å². The third-order valence-corrected chi connectivity index (χ3v) is 3.04. The van der Waals surface area contributed by atoms with Crippen LogP contribution in [-0.4, -0.2) is 5.78 Å². The third-order valence-electron chi connectivity index (χ3n) is 2.35. The van der Waals surface area contributed by atoms with Gasteiger partial charge in [0.2, 0.25) is 0 Å². The van der Waals surface area contributed by atoms with Gasteiger partial charge in [0.05, 0.1) is 5.56 Å². The van der Waals surface area contributed by atoms with Crippen molar-refractivity contribution in [3.05, 3.63) is 69.4 Å². The van der Waals surface area contributed by atoms with Crippen LogP contribution in [0.5, 0.6) is 0 Å². The summed E-state index contributed by atoms with van der Waals surface area (Å²) in [5, 5.41) is 0. The largest absolute Gasteiger partial charge is 0.288 e. The van der Waals surface area contributed by atoms with Crippen molar-refractivity contribution < 1.29 is 18.0 Å². The molecule has 0 heterocycles. The van der Waals surface area contributed by atoms with Gasteiger partial charge in [0, 0.05) is 10.0 Å². The first kappa shape index (κ1) is 12.8. The van der Waals surface area contributed by atoms with E-state index >= 15 is 0 Å². The maximum Gasteiger partial charge on any atom is 0.197 e. The predicted octanol–water partition coefficient (Wildman–Crippen LogP) is 4.10. The van der Waals surface area contributed by atoms with Crippen LogP contribution in [0.1, 0.15) is 15.9 Å². The van der Waals surface area contributed by atoms with Crippen molar-refractivity contribution in [2.75, 3.05) is 0 Å². The van der Waals surface area contributed by atoms with Crippen LogP contribution in [0.3, 0.4) is 0 Å². The summed E-state index contributed by atoms with van der Waals surface area (Å²) in [6.07, 6.45) is 0. The van der Waals surface area contributed by atoms with Crippen molar-refractivity contribution in [2.24, 2.45) is 0 Å². The van der Waals surface area contributed by atoms with Crippen molar-refractivity contribution in [3.8, 4) is 0 Å². The molecule has 0 saturated carbocycles. The van der Waals surface area contributed by atoms with Gasteiger partial charge in [0.1, 0.15) is 17.5 Å². The molecule has 5 heteroatoms. The lowest BCUT2D eigenvalue weighted by Crippen LogP contribution is -2.06. The van der Waals surface area contributed by atoms with E-state index in [1.807, 2.05) is 0 Å². The van der Waals surface area contributed by atoms with Crippen molar-refractivity contribution in [3.63, 3.8) is 0 Å². The number of halogens is 4. The average Bonchev–Trinajstić information content (AvgIpc) is 2.34. The highest BCUT2D eigenvalue weighted by Crippen LogP contribution is 2.22. The van der Waals surface area contributed by atoms with Crippen molar-refractivity contribution in [1.82, 2.24) is 0 Å². The summed E-state index contributed by atoms with van der Waals surface area (Å²) >= 11 is 3.07. The van der Waals surface area contributed by atoms with Crippen LogP contribution in [-0.2, 0) is 0 Å². The van der Waals surface area contributed by atoms with E-state index in [0.717, 1.165) is 30.3 Å². The highest BCUT2D eigenvalue weighted by molar-refractivity contribution is 9.10. The molecule has 0 N–H and O–H groups in total. The summed E-state index contributed by atoms with van der Waals surface area (Å²) in [5.74, 6) is -2.98. The molecule has 92 valence electrons. The zero-order chi connectivity index (χ0) is 13.3. The van der Waals surface area contributed by atoms with Crippen LogP contribution in [0, 0.1) is 17.5 Å². The molecule has 0 aliphatic heterocycles. The lowest BCUT2D eigenvalue weighted by atomic mass is 10.0. The number of hydrogen-bond donors (Lipinski definition) is 0. The van der Waals surface area contributed by atoms with Gasteiger partial charge in [-0.25, -0.2) is 13.2 Å². The first-order valence-electron chi connectivity index (χ1n) is 4.94. The monoisotopic (exact) mass is 314 g/mol. The van der Waals surface area contributed by atoms with Gasteiger partial charge in [-0.1, -0.05) is 15.9 Å². The van der Waals surface area contributed by atoms with Gasteiger partial charge in [0.25, 0.3) is 0 Å². The maximum absolute atomic E-state index is 13.4. The van der Waals surface area contributed by atoms with Crippen molar-refractivity contribution in [2.45, 2.75) is 0 Å². The smallest absolute Gasteiger partial charge is 0.197 e. The van der Waals surface area contributed by atoms with Crippen molar-refractivity contribution in [1.29, 1.82) is 0 Å². The Bertz CT molecular complexity index is 572. The van der Waals surface area contributed by atoms with E-state index < -0.39 is 28.8 Å². The van der Waals surface area contributed by atoms with E-state index in [0.29, 0.717) is 4.47 Å². The van der Waals surface area contributed by atoms with Crippen LogP contribution in [0.4, 0.5) is 13.2 Å². The molecule has 0 bridgehead atoms. The van der Waals surface area contributed by atoms with E-state index in [-0.39, 0.29) is 5.56 Å². The lowest BCUT2D eigenvalue weighted by Gasteiger charge is -2.05. The molecule has 0 aromatic heterocycles. The summed E-state index contributed by atoms with van der Waals surface area (Å²) in [7, 11) is 0. The van der Waals surface area contributed by atoms with Crippen LogP contribution in [0.2, 0.25) is 0 Å². The van der Waals surface area contributed by atoms with E-state index in [1.165, 1.54) is 6.07 Å².